The number of thiophene rings is 1. The average Bonchev–Trinajstić information content (AvgIpc) is 3.09. The van der Waals surface area contributed by atoms with Crippen molar-refractivity contribution in [1.82, 2.24) is 4.90 Å². The zero-order chi connectivity index (χ0) is 17.3. The van der Waals surface area contributed by atoms with Crippen molar-refractivity contribution in [2.45, 2.75) is 37.7 Å². The van der Waals surface area contributed by atoms with Gasteiger partial charge in [-0.1, -0.05) is 30.3 Å². The SMILES string of the molecule is COC1Cc2sc(C=N)cc2C2(CCN(Cc3ccccc3)CC2)O1. The normalized spacial score (nSPS) is 22.7. The number of nitrogens with zero attached hydrogens (tertiary/aromatic N) is 1. The Bertz CT molecular complexity index is 735. The molecule has 3 heterocycles. The van der Waals surface area contributed by atoms with Crippen molar-refractivity contribution in [2.24, 2.45) is 0 Å². The number of hydrogen-bond acceptors (Lipinski definition) is 5. The minimum absolute atomic E-state index is 0.176. The van der Waals surface area contributed by atoms with Crippen molar-refractivity contribution in [3.8, 4) is 0 Å². The van der Waals surface area contributed by atoms with E-state index in [4.69, 9.17) is 14.9 Å². The number of benzene rings is 1. The molecule has 25 heavy (non-hydrogen) atoms. The van der Waals surface area contributed by atoms with Crippen molar-refractivity contribution < 1.29 is 9.47 Å². The van der Waals surface area contributed by atoms with Crippen molar-refractivity contribution in [1.29, 1.82) is 5.41 Å². The molecule has 0 saturated carbocycles. The quantitative estimate of drug-likeness (QED) is 0.848. The summed E-state index contributed by atoms with van der Waals surface area (Å²) in [6.45, 7) is 3.02. The van der Waals surface area contributed by atoms with Crippen LogP contribution in [0.1, 0.15) is 33.7 Å². The van der Waals surface area contributed by atoms with Crippen LogP contribution in [0.3, 0.4) is 0 Å². The molecule has 0 radical (unpaired) electrons. The molecule has 1 aromatic heterocycles. The molecule has 1 atom stereocenters. The third-order valence-electron chi connectivity index (χ3n) is 5.35. The lowest BCUT2D eigenvalue weighted by Crippen LogP contribution is -2.48. The average molecular weight is 356 g/mol. The number of hydrogen-bond donors (Lipinski definition) is 1. The van der Waals surface area contributed by atoms with E-state index in [9.17, 15) is 0 Å². The Morgan fingerprint density at radius 2 is 2.08 bits per heavy atom. The summed E-state index contributed by atoms with van der Waals surface area (Å²) in [5.41, 5.74) is 2.41. The van der Waals surface area contributed by atoms with Crippen LogP contribution in [-0.4, -0.2) is 37.6 Å². The molecular formula is C20H24N2O2S. The summed E-state index contributed by atoms with van der Waals surface area (Å²) >= 11 is 1.71. The minimum Gasteiger partial charge on any atom is -0.355 e. The predicted octanol–water partition coefficient (Wildman–Crippen LogP) is 3.78. The Hall–Kier alpha value is -1.53. The van der Waals surface area contributed by atoms with Crippen LogP contribution in [0, 0.1) is 5.41 Å². The smallest absolute Gasteiger partial charge is 0.163 e. The van der Waals surface area contributed by atoms with E-state index < -0.39 is 0 Å². The van der Waals surface area contributed by atoms with Gasteiger partial charge in [0, 0.05) is 49.1 Å². The largest absolute Gasteiger partial charge is 0.355 e. The number of methoxy groups -OCH3 is 1. The van der Waals surface area contributed by atoms with Gasteiger partial charge >= 0.3 is 0 Å². The third-order valence-corrected chi connectivity index (χ3v) is 6.45. The van der Waals surface area contributed by atoms with Crippen molar-refractivity contribution in [3.05, 3.63) is 57.3 Å². The molecule has 2 aliphatic heterocycles. The van der Waals surface area contributed by atoms with Crippen molar-refractivity contribution in [3.63, 3.8) is 0 Å². The van der Waals surface area contributed by atoms with E-state index in [2.05, 4.69) is 41.3 Å². The lowest BCUT2D eigenvalue weighted by Gasteiger charge is -2.46. The highest BCUT2D eigenvalue weighted by Gasteiger charge is 2.44. The third kappa shape index (κ3) is 3.29. The van der Waals surface area contributed by atoms with Gasteiger partial charge in [-0.05, 0) is 30.0 Å². The highest BCUT2D eigenvalue weighted by molar-refractivity contribution is 7.13. The molecule has 1 aromatic carbocycles. The molecule has 4 rings (SSSR count). The molecule has 1 fully saturated rings. The standard InChI is InChI=1S/C20H24N2O2S/c1-23-19-12-18-17(11-16(13-21)25-18)20(24-19)7-9-22(10-8-20)14-15-5-3-2-4-6-15/h2-6,11,13,19,21H,7-10,12,14H2,1H3. The molecule has 0 bridgehead atoms. The first-order valence-corrected chi connectivity index (χ1v) is 9.65. The Morgan fingerprint density at radius 3 is 2.76 bits per heavy atom. The van der Waals surface area contributed by atoms with Crippen molar-refractivity contribution in [2.75, 3.05) is 20.2 Å². The molecule has 1 spiro atoms. The fourth-order valence-corrected chi connectivity index (χ4v) is 5.09. The Labute approximate surface area is 152 Å². The van der Waals surface area contributed by atoms with E-state index in [0.29, 0.717) is 0 Å². The maximum absolute atomic E-state index is 7.58. The lowest BCUT2D eigenvalue weighted by atomic mass is 9.82. The number of ether oxygens (including phenoxy) is 2. The Morgan fingerprint density at radius 1 is 1.32 bits per heavy atom. The van der Waals surface area contributed by atoms with Crippen LogP contribution in [0.4, 0.5) is 0 Å². The fourth-order valence-electron chi connectivity index (χ4n) is 4.00. The van der Waals surface area contributed by atoms with Gasteiger partial charge in [-0.3, -0.25) is 4.90 Å². The molecule has 0 amide bonds. The van der Waals surface area contributed by atoms with Crippen molar-refractivity contribution >= 4 is 17.6 Å². The second-order valence-electron chi connectivity index (χ2n) is 6.87. The molecule has 1 N–H and O–H groups in total. The summed E-state index contributed by atoms with van der Waals surface area (Å²) in [6, 6.07) is 12.8. The van der Waals surface area contributed by atoms with Gasteiger partial charge < -0.3 is 14.9 Å². The van der Waals surface area contributed by atoms with Gasteiger partial charge in [-0.15, -0.1) is 11.3 Å². The first-order chi connectivity index (χ1) is 12.2. The number of rotatable bonds is 4. The molecular weight excluding hydrogens is 332 g/mol. The monoisotopic (exact) mass is 356 g/mol. The number of nitrogens with one attached hydrogen (secondary N) is 1. The zero-order valence-electron chi connectivity index (χ0n) is 14.5. The second-order valence-corrected chi connectivity index (χ2v) is 8.04. The van der Waals surface area contributed by atoms with Crippen LogP contribution in [0.2, 0.25) is 0 Å². The van der Waals surface area contributed by atoms with E-state index in [0.717, 1.165) is 43.8 Å². The van der Waals surface area contributed by atoms with Crippen LogP contribution < -0.4 is 0 Å². The molecule has 5 heteroatoms. The van der Waals surface area contributed by atoms with E-state index >= 15 is 0 Å². The maximum atomic E-state index is 7.58. The lowest BCUT2D eigenvalue weighted by molar-refractivity contribution is -0.226. The molecule has 132 valence electrons. The maximum Gasteiger partial charge on any atom is 0.163 e. The van der Waals surface area contributed by atoms with E-state index in [1.807, 2.05) is 0 Å². The Balaban J connectivity index is 1.53. The van der Waals surface area contributed by atoms with Gasteiger partial charge in [0.15, 0.2) is 6.29 Å². The molecule has 1 saturated heterocycles. The number of fused-ring (bicyclic) bond motifs is 2. The van der Waals surface area contributed by atoms with Gasteiger partial charge in [0.25, 0.3) is 0 Å². The minimum atomic E-state index is -0.251. The molecule has 1 unspecified atom stereocenters. The van der Waals surface area contributed by atoms with Gasteiger partial charge in [0.2, 0.25) is 0 Å². The molecule has 2 aliphatic rings. The highest BCUT2D eigenvalue weighted by Crippen LogP contribution is 2.46. The van der Waals surface area contributed by atoms with Crippen LogP contribution in [-0.2, 0) is 28.0 Å². The van der Waals surface area contributed by atoms with Gasteiger partial charge in [-0.25, -0.2) is 0 Å². The molecule has 4 nitrogen and oxygen atoms in total. The first-order valence-electron chi connectivity index (χ1n) is 8.83. The number of piperidine rings is 1. The summed E-state index contributed by atoms with van der Waals surface area (Å²) in [6.07, 6.45) is 4.01. The van der Waals surface area contributed by atoms with Crippen LogP contribution >= 0.6 is 11.3 Å². The summed E-state index contributed by atoms with van der Waals surface area (Å²) in [7, 11) is 1.72. The van der Waals surface area contributed by atoms with E-state index in [-0.39, 0.29) is 11.9 Å². The predicted molar refractivity (Wildman–Crippen MR) is 100 cm³/mol. The van der Waals surface area contributed by atoms with Crippen LogP contribution in [0.5, 0.6) is 0 Å². The summed E-state index contributed by atoms with van der Waals surface area (Å²) in [5.74, 6) is 0. The van der Waals surface area contributed by atoms with Gasteiger partial charge in [-0.2, -0.15) is 0 Å². The van der Waals surface area contributed by atoms with Gasteiger partial charge in [0.05, 0.1) is 5.60 Å². The fraction of sp³-hybridized carbons (Fsp3) is 0.450. The highest BCUT2D eigenvalue weighted by atomic mass is 32.1. The molecule has 2 aromatic rings. The zero-order valence-corrected chi connectivity index (χ0v) is 15.3. The summed E-state index contributed by atoms with van der Waals surface area (Å²) in [4.78, 5) is 4.84. The Kier molecular flexibility index (Phi) is 4.73. The first kappa shape index (κ1) is 16.9. The molecule has 0 aliphatic carbocycles. The van der Waals surface area contributed by atoms with Crippen LogP contribution in [0.25, 0.3) is 0 Å². The number of likely N-dealkylation sites (tertiary alicyclic amines) is 1. The summed E-state index contributed by atoms with van der Waals surface area (Å²) in [5, 5.41) is 7.58. The summed E-state index contributed by atoms with van der Waals surface area (Å²) < 4.78 is 12.0. The van der Waals surface area contributed by atoms with Gasteiger partial charge in [0.1, 0.15) is 0 Å². The second kappa shape index (κ2) is 7.00. The topological polar surface area (TPSA) is 45.5 Å². The van der Waals surface area contributed by atoms with E-state index in [1.54, 1.807) is 18.4 Å². The van der Waals surface area contributed by atoms with Crippen LogP contribution in [0.15, 0.2) is 36.4 Å². The van der Waals surface area contributed by atoms with E-state index in [1.165, 1.54) is 22.2 Å².